The molecule has 0 aliphatic carbocycles. The first-order valence-corrected chi connectivity index (χ1v) is 12.4. The van der Waals surface area contributed by atoms with E-state index < -0.39 is 0 Å². The van der Waals surface area contributed by atoms with Crippen molar-refractivity contribution in [3.05, 3.63) is 47.0 Å². The summed E-state index contributed by atoms with van der Waals surface area (Å²) in [5.41, 5.74) is 4.45. The molecule has 35 heavy (non-hydrogen) atoms. The quantitative estimate of drug-likeness (QED) is 0.388. The van der Waals surface area contributed by atoms with Crippen LogP contribution in [0.15, 0.2) is 35.5 Å². The van der Waals surface area contributed by atoms with Crippen LogP contribution in [-0.4, -0.2) is 56.8 Å². The molecule has 0 aromatic heterocycles. The van der Waals surface area contributed by atoms with Gasteiger partial charge >= 0.3 is 0 Å². The molecule has 7 heteroatoms. The molecule has 4 unspecified atom stereocenters. The monoisotopic (exact) mass is 482 g/mol. The van der Waals surface area contributed by atoms with Crippen molar-refractivity contribution in [2.24, 2.45) is 11.1 Å². The van der Waals surface area contributed by atoms with E-state index in [9.17, 15) is 5.21 Å². The Morgan fingerprint density at radius 1 is 0.914 bits per heavy atom. The van der Waals surface area contributed by atoms with Gasteiger partial charge in [0.25, 0.3) is 0 Å². The van der Waals surface area contributed by atoms with Crippen molar-refractivity contribution in [1.29, 1.82) is 0 Å². The van der Waals surface area contributed by atoms with E-state index in [1.807, 2.05) is 6.07 Å². The van der Waals surface area contributed by atoms with Crippen LogP contribution in [-0.2, 0) is 0 Å². The van der Waals surface area contributed by atoms with Gasteiger partial charge in [-0.25, -0.2) is 0 Å². The smallest absolute Gasteiger partial charge is 0.161 e. The predicted molar refractivity (Wildman–Crippen MR) is 137 cm³/mol. The minimum Gasteiger partial charge on any atom is -0.493 e. The molecular formula is C28H38N2O5. The number of nitrogens with zero attached hydrogens (tertiary/aromatic N) is 2. The Morgan fingerprint density at radius 2 is 1.54 bits per heavy atom. The Hall–Kier alpha value is -2.93. The summed E-state index contributed by atoms with van der Waals surface area (Å²) in [7, 11) is 6.66. The number of hydrogen-bond acceptors (Lipinski definition) is 7. The number of fused-ring (bicyclic) bond motifs is 3. The van der Waals surface area contributed by atoms with Gasteiger partial charge in [-0.2, -0.15) is 0 Å². The lowest BCUT2D eigenvalue weighted by Crippen LogP contribution is -2.52. The molecule has 1 N–H and O–H groups in total. The molecule has 0 saturated carbocycles. The van der Waals surface area contributed by atoms with E-state index in [0.29, 0.717) is 23.7 Å². The second kappa shape index (κ2) is 10.8. The molecule has 0 spiro atoms. The lowest BCUT2D eigenvalue weighted by Gasteiger charge is -2.50. The zero-order chi connectivity index (χ0) is 25.1. The lowest BCUT2D eigenvalue weighted by molar-refractivity contribution is 0.0875. The molecule has 1 fully saturated rings. The number of ether oxygens (including phenoxy) is 4. The molecule has 0 amide bonds. The van der Waals surface area contributed by atoms with E-state index in [4.69, 9.17) is 18.9 Å². The van der Waals surface area contributed by atoms with Crippen LogP contribution >= 0.6 is 0 Å². The number of benzene rings is 2. The molecule has 2 aromatic rings. The van der Waals surface area contributed by atoms with E-state index in [2.05, 4.69) is 48.2 Å². The van der Waals surface area contributed by atoms with Crippen LogP contribution in [0.3, 0.4) is 0 Å². The largest absolute Gasteiger partial charge is 0.493 e. The van der Waals surface area contributed by atoms with Gasteiger partial charge in [-0.15, -0.1) is 0 Å². The van der Waals surface area contributed by atoms with Crippen LogP contribution in [0.25, 0.3) is 0 Å². The zero-order valence-electron chi connectivity index (χ0n) is 21.7. The van der Waals surface area contributed by atoms with E-state index in [1.165, 1.54) is 11.1 Å². The Balaban J connectivity index is 1.87. The Kier molecular flexibility index (Phi) is 7.75. The summed E-state index contributed by atoms with van der Waals surface area (Å²) >= 11 is 0. The zero-order valence-corrected chi connectivity index (χ0v) is 21.7. The molecule has 2 aliphatic rings. The normalized spacial score (nSPS) is 25.0. The van der Waals surface area contributed by atoms with Crippen LogP contribution in [0.1, 0.15) is 68.2 Å². The second-order valence-corrected chi connectivity index (χ2v) is 9.52. The van der Waals surface area contributed by atoms with Crippen LogP contribution < -0.4 is 18.9 Å². The van der Waals surface area contributed by atoms with Crippen molar-refractivity contribution < 1.29 is 24.2 Å². The number of piperidine rings is 1. The maximum atomic E-state index is 9.88. The first kappa shape index (κ1) is 25.2. The molecule has 190 valence electrons. The van der Waals surface area contributed by atoms with Gasteiger partial charge in [0, 0.05) is 36.9 Å². The number of hydrogen-bond donors (Lipinski definition) is 1. The van der Waals surface area contributed by atoms with Crippen molar-refractivity contribution in [2.45, 2.75) is 57.5 Å². The molecule has 1 saturated heterocycles. The average Bonchev–Trinajstić information content (AvgIpc) is 2.90. The summed E-state index contributed by atoms with van der Waals surface area (Å²) in [6, 6.07) is 10.7. The highest BCUT2D eigenvalue weighted by molar-refractivity contribution is 5.88. The molecule has 4 rings (SSSR count). The fraction of sp³-hybridized carbons (Fsp3) is 0.536. The molecule has 7 nitrogen and oxygen atoms in total. The van der Waals surface area contributed by atoms with Crippen molar-refractivity contribution in [2.75, 3.05) is 35.0 Å². The van der Waals surface area contributed by atoms with Gasteiger partial charge in [-0.3, -0.25) is 4.90 Å². The van der Waals surface area contributed by atoms with Crippen LogP contribution in [0.4, 0.5) is 0 Å². The highest BCUT2D eigenvalue weighted by atomic mass is 16.5. The SMILES string of the molecule is CCCCC1CN2C(CC1=NO)c1cc(OC)c(OC)cc1C(c1ccc(OC)c(OC)c1)C2C. The van der Waals surface area contributed by atoms with Gasteiger partial charge < -0.3 is 24.2 Å². The van der Waals surface area contributed by atoms with Crippen LogP contribution in [0.5, 0.6) is 23.0 Å². The maximum Gasteiger partial charge on any atom is 0.161 e. The minimum absolute atomic E-state index is 0.0975. The Labute approximate surface area is 208 Å². The summed E-state index contributed by atoms with van der Waals surface area (Å²) in [5, 5.41) is 13.7. The van der Waals surface area contributed by atoms with Gasteiger partial charge in [0.2, 0.25) is 0 Å². The Morgan fingerprint density at radius 3 is 2.14 bits per heavy atom. The molecular weight excluding hydrogens is 444 g/mol. The number of methoxy groups -OCH3 is 4. The summed E-state index contributed by atoms with van der Waals surface area (Å²) in [5.74, 6) is 3.21. The first-order chi connectivity index (χ1) is 17.0. The molecule has 2 aromatic carbocycles. The number of oxime groups is 1. The molecule has 0 bridgehead atoms. The fourth-order valence-electron chi connectivity index (χ4n) is 5.96. The lowest BCUT2D eigenvalue weighted by atomic mass is 9.72. The molecule has 2 heterocycles. The highest BCUT2D eigenvalue weighted by Gasteiger charge is 2.45. The fourth-order valence-corrected chi connectivity index (χ4v) is 5.96. The third-order valence-corrected chi connectivity index (χ3v) is 7.80. The maximum absolute atomic E-state index is 9.88. The van der Waals surface area contributed by atoms with E-state index in [0.717, 1.165) is 42.8 Å². The van der Waals surface area contributed by atoms with Crippen LogP contribution in [0, 0.1) is 5.92 Å². The van der Waals surface area contributed by atoms with Crippen molar-refractivity contribution in [1.82, 2.24) is 4.90 Å². The third-order valence-electron chi connectivity index (χ3n) is 7.80. The average molecular weight is 483 g/mol. The second-order valence-electron chi connectivity index (χ2n) is 9.52. The molecule has 0 radical (unpaired) electrons. The topological polar surface area (TPSA) is 72.8 Å². The van der Waals surface area contributed by atoms with E-state index >= 15 is 0 Å². The summed E-state index contributed by atoms with van der Waals surface area (Å²) < 4.78 is 22.5. The van der Waals surface area contributed by atoms with Crippen molar-refractivity contribution in [3.8, 4) is 23.0 Å². The Bertz CT molecular complexity index is 1070. The molecule has 4 atom stereocenters. The predicted octanol–water partition coefficient (Wildman–Crippen LogP) is 5.64. The summed E-state index contributed by atoms with van der Waals surface area (Å²) in [6.07, 6.45) is 3.99. The summed E-state index contributed by atoms with van der Waals surface area (Å²) in [4.78, 5) is 2.59. The van der Waals surface area contributed by atoms with E-state index in [1.54, 1.807) is 28.4 Å². The third kappa shape index (κ3) is 4.54. The summed E-state index contributed by atoms with van der Waals surface area (Å²) in [6.45, 7) is 5.36. The number of unbranched alkanes of at least 4 members (excludes halogenated alkanes) is 1. The van der Waals surface area contributed by atoms with Gasteiger partial charge in [-0.05, 0) is 54.3 Å². The molecule has 2 aliphatic heterocycles. The first-order valence-electron chi connectivity index (χ1n) is 12.4. The van der Waals surface area contributed by atoms with Gasteiger partial charge in [0.15, 0.2) is 23.0 Å². The van der Waals surface area contributed by atoms with Gasteiger partial charge in [0.05, 0.1) is 34.2 Å². The number of rotatable bonds is 8. The van der Waals surface area contributed by atoms with E-state index in [-0.39, 0.29) is 23.9 Å². The van der Waals surface area contributed by atoms with Gasteiger partial charge in [0.1, 0.15) is 0 Å². The van der Waals surface area contributed by atoms with Crippen molar-refractivity contribution >= 4 is 5.71 Å². The standard InChI is InChI=1S/C28H38N2O5/c1-7-8-9-19-16-30-17(2)28(18-10-11-24(32-3)25(12-18)33-4)21-14-27(35-6)26(34-5)13-20(21)23(30)15-22(19)29-31/h10-14,17,19,23,28,31H,7-9,15-16H2,1-6H3. The van der Waals surface area contributed by atoms with Crippen molar-refractivity contribution in [3.63, 3.8) is 0 Å². The van der Waals surface area contributed by atoms with Gasteiger partial charge in [-0.1, -0.05) is 31.0 Å². The minimum atomic E-state index is 0.0975. The highest BCUT2D eigenvalue weighted by Crippen LogP contribution is 2.51. The van der Waals surface area contributed by atoms with Crippen LogP contribution in [0.2, 0.25) is 0 Å².